The zero-order valence-corrected chi connectivity index (χ0v) is 15.6. The van der Waals surface area contributed by atoms with Gasteiger partial charge in [-0.1, -0.05) is 54.6 Å². The van der Waals surface area contributed by atoms with E-state index in [9.17, 15) is 4.79 Å². The number of hydrogen-bond donors (Lipinski definition) is 1. The molecule has 1 fully saturated rings. The van der Waals surface area contributed by atoms with Crippen molar-refractivity contribution in [1.82, 2.24) is 0 Å². The smallest absolute Gasteiger partial charge is 0.256 e. The van der Waals surface area contributed by atoms with E-state index < -0.39 is 0 Å². The van der Waals surface area contributed by atoms with E-state index in [2.05, 4.69) is 23.2 Å². The number of nitrogens with one attached hydrogen (secondary N) is 1. The molecule has 1 amide bonds. The first-order chi connectivity index (χ1) is 13.2. The molecule has 3 aromatic carbocycles. The fraction of sp³-hybridized carbons (Fsp3) is 0.208. The second-order valence-corrected chi connectivity index (χ2v) is 7.01. The lowest BCUT2D eigenvalue weighted by atomic mass is 9.99. The molecule has 27 heavy (non-hydrogen) atoms. The molecule has 136 valence electrons. The minimum absolute atomic E-state index is 0.0730. The van der Waals surface area contributed by atoms with Crippen molar-refractivity contribution >= 4 is 17.3 Å². The van der Waals surface area contributed by atoms with Crippen LogP contribution in [0.2, 0.25) is 0 Å². The second kappa shape index (κ2) is 7.67. The zero-order chi connectivity index (χ0) is 18.6. The number of nitrogens with zero attached hydrogens (tertiary/aromatic N) is 1. The van der Waals surface area contributed by atoms with E-state index >= 15 is 0 Å². The summed E-state index contributed by atoms with van der Waals surface area (Å²) in [7, 11) is 0. The van der Waals surface area contributed by atoms with Crippen molar-refractivity contribution in [2.24, 2.45) is 0 Å². The third-order valence-electron chi connectivity index (χ3n) is 5.26. The van der Waals surface area contributed by atoms with Gasteiger partial charge in [0.2, 0.25) is 0 Å². The van der Waals surface area contributed by atoms with Crippen LogP contribution in [0.1, 0.15) is 28.8 Å². The van der Waals surface area contributed by atoms with Gasteiger partial charge >= 0.3 is 0 Å². The number of carbonyl (C=O) groups is 1. The molecule has 0 spiro atoms. The van der Waals surface area contributed by atoms with E-state index in [4.69, 9.17) is 0 Å². The summed E-state index contributed by atoms with van der Waals surface area (Å²) < 4.78 is 0. The molecule has 3 aromatic rings. The lowest BCUT2D eigenvalue weighted by Crippen LogP contribution is -2.20. The highest BCUT2D eigenvalue weighted by molar-refractivity contribution is 6.09. The van der Waals surface area contributed by atoms with Gasteiger partial charge in [0.25, 0.3) is 5.91 Å². The van der Waals surface area contributed by atoms with Gasteiger partial charge in [-0.25, -0.2) is 0 Å². The van der Waals surface area contributed by atoms with E-state index in [1.165, 1.54) is 18.5 Å². The minimum Gasteiger partial charge on any atom is -0.371 e. The van der Waals surface area contributed by atoms with Gasteiger partial charge in [0.15, 0.2) is 0 Å². The Labute approximate surface area is 160 Å². The molecule has 3 heteroatoms. The van der Waals surface area contributed by atoms with Crippen molar-refractivity contribution in [3.63, 3.8) is 0 Å². The molecule has 0 bridgehead atoms. The Morgan fingerprint density at radius 3 is 2.33 bits per heavy atom. The quantitative estimate of drug-likeness (QED) is 0.668. The first-order valence-corrected chi connectivity index (χ1v) is 9.54. The number of amides is 1. The number of benzene rings is 3. The topological polar surface area (TPSA) is 32.3 Å². The van der Waals surface area contributed by atoms with Crippen LogP contribution in [0.15, 0.2) is 72.8 Å². The Bertz CT molecular complexity index is 944. The fourth-order valence-corrected chi connectivity index (χ4v) is 3.80. The van der Waals surface area contributed by atoms with E-state index in [1.807, 2.05) is 66.7 Å². The Balaban J connectivity index is 1.63. The summed E-state index contributed by atoms with van der Waals surface area (Å²) in [5, 5.41) is 3.13. The Morgan fingerprint density at radius 2 is 1.56 bits per heavy atom. The molecule has 1 aliphatic heterocycles. The Hall–Kier alpha value is -3.07. The summed E-state index contributed by atoms with van der Waals surface area (Å²) in [6.45, 7) is 4.27. The van der Waals surface area contributed by atoms with Crippen LogP contribution in [0.4, 0.5) is 11.4 Å². The highest BCUT2D eigenvalue weighted by Gasteiger charge is 2.18. The second-order valence-electron chi connectivity index (χ2n) is 7.01. The Morgan fingerprint density at radius 1 is 0.852 bits per heavy atom. The molecule has 3 nitrogen and oxygen atoms in total. The van der Waals surface area contributed by atoms with Gasteiger partial charge in [-0.3, -0.25) is 4.79 Å². The van der Waals surface area contributed by atoms with E-state index in [0.717, 1.165) is 35.5 Å². The predicted molar refractivity (Wildman–Crippen MR) is 112 cm³/mol. The van der Waals surface area contributed by atoms with Crippen LogP contribution in [-0.2, 0) is 0 Å². The molecule has 0 radical (unpaired) electrons. The van der Waals surface area contributed by atoms with Gasteiger partial charge in [-0.05, 0) is 54.7 Å². The largest absolute Gasteiger partial charge is 0.371 e. The third kappa shape index (κ3) is 3.59. The van der Waals surface area contributed by atoms with Crippen molar-refractivity contribution in [1.29, 1.82) is 0 Å². The van der Waals surface area contributed by atoms with E-state index in [0.29, 0.717) is 5.56 Å². The highest BCUT2D eigenvalue weighted by atomic mass is 16.1. The number of hydrogen-bond acceptors (Lipinski definition) is 2. The van der Waals surface area contributed by atoms with Crippen molar-refractivity contribution in [2.45, 2.75) is 19.8 Å². The van der Waals surface area contributed by atoms with Crippen LogP contribution in [0, 0.1) is 6.92 Å². The molecule has 1 saturated heterocycles. The lowest BCUT2D eigenvalue weighted by molar-refractivity contribution is 0.102. The molecule has 0 unspecified atom stereocenters. The average Bonchev–Trinajstić information content (AvgIpc) is 3.25. The van der Waals surface area contributed by atoms with Crippen LogP contribution < -0.4 is 10.2 Å². The average molecular weight is 356 g/mol. The van der Waals surface area contributed by atoms with Crippen LogP contribution in [0.5, 0.6) is 0 Å². The van der Waals surface area contributed by atoms with Gasteiger partial charge in [-0.15, -0.1) is 0 Å². The van der Waals surface area contributed by atoms with Crippen LogP contribution in [-0.4, -0.2) is 19.0 Å². The van der Waals surface area contributed by atoms with Crippen LogP contribution in [0.3, 0.4) is 0 Å². The van der Waals surface area contributed by atoms with Crippen molar-refractivity contribution in [3.8, 4) is 11.1 Å². The van der Waals surface area contributed by atoms with Gasteiger partial charge < -0.3 is 10.2 Å². The van der Waals surface area contributed by atoms with Crippen LogP contribution in [0.25, 0.3) is 11.1 Å². The summed E-state index contributed by atoms with van der Waals surface area (Å²) >= 11 is 0. The zero-order valence-electron chi connectivity index (χ0n) is 15.6. The van der Waals surface area contributed by atoms with Gasteiger partial charge in [0.05, 0.1) is 0 Å². The minimum atomic E-state index is -0.0730. The monoisotopic (exact) mass is 356 g/mol. The summed E-state index contributed by atoms with van der Waals surface area (Å²) in [4.78, 5) is 15.5. The van der Waals surface area contributed by atoms with E-state index in [1.54, 1.807) is 0 Å². The predicted octanol–water partition coefficient (Wildman–Crippen LogP) is 5.51. The van der Waals surface area contributed by atoms with Crippen LogP contribution >= 0.6 is 0 Å². The standard InChI is InChI=1S/C24H24N2O/c1-18-22(14-9-15-23(18)26-16-7-8-17-26)25-24(27)21-13-6-5-12-20(21)19-10-3-2-4-11-19/h2-6,9-15H,7-8,16-17H2,1H3,(H,25,27). The maximum Gasteiger partial charge on any atom is 0.256 e. The number of anilines is 2. The number of rotatable bonds is 4. The lowest BCUT2D eigenvalue weighted by Gasteiger charge is -2.22. The molecule has 0 aliphatic carbocycles. The summed E-state index contributed by atoms with van der Waals surface area (Å²) in [5.74, 6) is -0.0730. The van der Waals surface area contributed by atoms with Gasteiger partial charge in [-0.2, -0.15) is 0 Å². The summed E-state index contributed by atoms with van der Waals surface area (Å²) in [6, 6.07) is 24.0. The first-order valence-electron chi connectivity index (χ1n) is 9.54. The molecule has 1 heterocycles. The maximum atomic E-state index is 13.1. The molecular weight excluding hydrogens is 332 g/mol. The molecule has 4 rings (SSSR count). The van der Waals surface area contributed by atoms with Gasteiger partial charge in [0.1, 0.15) is 0 Å². The molecule has 1 aliphatic rings. The molecule has 0 saturated carbocycles. The van der Waals surface area contributed by atoms with Crippen molar-refractivity contribution in [2.75, 3.05) is 23.3 Å². The van der Waals surface area contributed by atoms with E-state index in [-0.39, 0.29) is 5.91 Å². The molecule has 0 aromatic heterocycles. The highest BCUT2D eigenvalue weighted by Crippen LogP contribution is 2.30. The Kier molecular flexibility index (Phi) is 4.93. The van der Waals surface area contributed by atoms with Crippen molar-refractivity contribution in [3.05, 3.63) is 83.9 Å². The number of carbonyl (C=O) groups excluding carboxylic acids is 1. The van der Waals surface area contributed by atoms with Crippen molar-refractivity contribution < 1.29 is 4.79 Å². The van der Waals surface area contributed by atoms with Gasteiger partial charge in [0, 0.05) is 30.0 Å². The summed E-state index contributed by atoms with van der Waals surface area (Å²) in [5.41, 5.74) is 5.92. The summed E-state index contributed by atoms with van der Waals surface area (Å²) in [6.07, 6.45) is 2.47. The molecular formula is C24H24N2O. The first kappa shape index (κ1) is 17.3. The third-order valence-corrected chi connectivity index (χ3v) is 5.26. The SMILES string of the molecule is Cc1c(NC(=O)c2ccccc2-c2ccccc2)cccc1N1CCCC1. The fourth-order valence-electron chi connectivity index (χ4n) is 3.80. The molecule has 1 N–H and O–H groups in total. The maximum absolute atomic E-state index is 13.1. The molecule has 0 atom stereocenters. The normalized spacial score (nSPS) is 13.6.